The molecule has 0 spiro atoms. The molecule has 1 aliphatic rings. The second kappa shape index (κ2) is 8.64. The van der Waals surface area contributed by atoms with Crippen molar-refractivity contribution in [2.75, 3.05) is 25.0 Å². The maximum absolute atomic E-state index is 11.7. The topological polar surface area (TPSA) is 61.4 Å². The van der Waals surface area contributed by atoms with Crippen molar-refractivity contribution in [2.24, 2.45) is 0 Å². The molecule has 6 heteroatoms. The Bertz CT molecular complexity index is 494. The average molecular weight is 312 g/mol. The highest BCUT2D eigenvalue weighted by Gasteiger charge is 2.21. The Labute approximate surface area is 131 Å². The van der Waals surface area contributed by atoms with Gasteiger partial charge in [0.25, 0.3) is 0 Å². The van der Waals surface area contributed by atoms with Crippen LogP contribution in [0.5, 0.6) is 0 Å². The predicted molar refractivity (Wildman–Crippen MR) is 85.7 cm³/mol. The molecule has 1 heterocycles. The van der Waals surface area contributed by atoms with E-state index in [2.05, 4.69) is 10.6 Å². The molecule has 1 aromatic carbocycles. The van der Waals surface area contributed by atoms with Crippen molar-refractivity contribution in [3.8, 4) is 0 Å². The number of amides is 2. The molecule has 1 aliphatic heterocycles. The molecular weight excluding hydrogens is 290 g/mol. The summed E-state index contributed by atoms with van der Waals surface area (Å²) in [6, 6.07) is 7.80. The summed E-state index contributed by atoms with van der Waals surface area (Å²) in [7, 11) is 1.82. The van der Waals surface area contributed by atoms with E-state index in [-0.39, 0.29) is 24.2 Å². The number of halogens is 1. The van der Waals surface area contributed by atoms with E-state index in [1.165, 1.54) is 0 Å². The molecule has 1 fully saturated rings. The minimum Gasteiger partial charge on any atom is -0.352 e. The van der Waals surface area contributed by atoms with Gasteiger partial charge in [0.2, 0.25) is 11.8 Å². The minimum absolute atomic E-state index is 0. The van der Waals surface area contributed by atoms with Gasteiger partial charge in [0.1, 0.15) is 0 Å². The fourth-order valence-corrected chi connectivity index (χ4v) is 2.28. The second-order valence-electron chi connectivity index (χ2n) is 4.95. The maximum Gasteiger partial charge on any atom is 0.227 e. The number of hydrogen-bond acceptors (Lipinski definition) is 3. The standard InChI is InChI=1S/C15H21N3O2.ClH/c1-16-8-7-14(19)17-11-12-4-2-5-13(10-12)18-9-3-6-15(18)20;/h2,4-5,10,16H,3,6-9,11H2,1H3,(H,17,19);1H. The summed E-state index contributed by atoms with van der Waals surface area (Å²) in [5, 5.41) is 5.82. The van der Waals surface area contributed by atoms with E-state index in [9.17, 15) is 9.59 Å². The van der Waals surface area contributed by atoms with Crippen LogP contribution in [-0.2, 0) is 16.1 Å². The largest absolute Gasteiger partial charge is 0.352 e. The number of nitrogens with zero attached hydrogens (tertiary/aromatic N) is 1. The molecule has 2 N–H and O–H groups in total. The summed E-state index contributed by atoms with van der Waals surface area (Å²) in [5.74, 6) is 0.210. The van der Waals surface area contributed by atoms with Crippen LogP contribution in [0.3, 0.4) is 0 Å². The molecule has 0 aliphatic carbocycles. The molecule has 2 amide bonds. The van der Waals surface area contributed by atoms with Gasteiger partial charge in [0.15, 0.2) is 0 Å². The van der Waals surface area contributed by atoms with Crippen LogP contribution in [0.25, 0.3) is 0 Å². The number of carbonyl (C=O) groups excluding carboxylic acids is 2. The average Bonchev–Trinajstić information content (AvgIpc) is 2.89. The predicted octanol–water partition coefficient (Wildman–Crippen LogP) is 1.46. The molecule has 1 saturated heterocycles. The first-order chi connectivity index (χ1) is 9.70. The highest BCUT2D eigenvalue weighted by molar-refractivity contribution is 5.95. The van der Waals surface area contributed by atoms with Crippen molar-refractivity contribution < 1.29 is 9.59 Å². The molecule has 116 valence electrons. The van der Waals surface area contributed by atoms with Gasteiger partial charge in [-0.05, 0) is 31.2 Å². The van der Waals surface area contributed by atoms with Crippen LogP contribution in [-0.4, -0.2) is 32.0 Å². The van der Waals surface area contributed by atoms with Gasteiger partial charge in [-0.3, -0.25) is 9.59 Å². The normalized spacial score (nSPS) is 14.0. The van der Waals surface area contributed by atoms with Crippen LogP contribution in [0.1, 0.15) is 24.8 Å². The van der Waals surface area contributed by atoms with Gasteiger partial charge >= 0.3 is 0 Å². The van der Waals surface area contributed by atoms with Crippen molar-refractivity contribution in [1.29, 1.82) is 0 Å². The fourth-order valence-electron chi connectivity index (χ4n) is 2.28. The third kappa shape index (κ3) is 5.02. The molecule has 0 bridgehead atoms. The van der Waals surface area contributed by atoms with Gasteiger partial charge in [-0.1, -0.05) is 12.1 Å². The Morgan fingerprint density at radius 1 is 1.38 bits per heavy atom. The molecule has 5 nitrogen and oxygen atoms in total. The Hall–Kier alpha value is -1.59. The number of carbonyl (C=O) groups is 2. The fraction of sp³-hybridized carbons (Fsp3) is 0.467. The van der Waals surface area contributed by atoms with Crippen LogP contribution in [0, 0.1) is 0 Å². The van der Waals surface area contributed by atoms with Crippen molar-refractivity contribution in [1.82, 2.24) is 10.6 Å². The molecule has 0 atom stereocenters. The molecule has 0 saturated carbocycles. The Balaban J connectivity index is 0.00000220. The number of nitrogens with one attached hydrogen (secondary N) is 2. The Morgan fingerprint density at radius 2 is 2.19 bits per heavy atom. The smallest absolute Gasteiger partial charge is 0.227 e. The van der Waals surface area contributed by atoms with Crippen LogP contribution in [0.15, 0.2) is 24.3 Å². The molecule has 0 aromatic heterocycles. The van der Waals surface area contributed by atoms with Crippen LogP contribution < -0.4 is 15.5 Å². The molecule has 0 unspecified atom stereocenters. The van der Waals surface area contributed by atoms with Crippen LogP contribution in [0.4, 0.5) is 5.69 Å². The zero-order chi connectivity index (χ0) is 14.4. The van der Waals surface area contributed by atoms with Crippen molar-refractivity contribution >= 4 is 29.9 Å². The summed E-state index contributed by atoms with van der Waals surface area (Å²) >= 11 is 0. The first kappa shape index (κ1) is 17.5. The lowest BCUT2D eigenvalue weighted by atomic mass is 10.2. The Kier molecular flexibility index (Phi) is 7.19. The lowest BCUT2D eigenvalue weighted by Crippen LogP contribution is -2.26. The minimum atomic E-state index is 0. The van der Waals surface area contributed by atoms with Crippen molar-refractivity contribution in [3.05, 3.63) is 29.8 Å². The van der Waals surface area contributed by atoms with E-state index in [0.29, 0.717) is 25.9 Å². The van der Waals surface area contributed by atoms with Crippen LogP contribution in [0.2, 0.25) is 0 Å². The van der Waals surface area contributed by atoms with E-state index in [4.69, 9.17) is 0 Å². The van der Waals surface area contributed by atoms with Crippen molar-refractivity contribution in [3.63, 3.8) is 0 Å². The number of hydrogen-bond donors (Lipinski definition) is 2. The number of benzene rings is 1. The molecule has 21 heavy (non-hydrogen) atoms. The van der Waals surface area contributed by atoms with E-state index in [1.807, 2.05) is 36.2 Å². The Morgan fingerprint density at radius 3 is 2.86 bits per heavy atom. The monoisotopic (exact) mass is 311 g/mol. The van der Waals surface area contributed by atoms with Crippen molar-refractivity contribution in [2.45, 2.75) is 25.8 Å². The highest BCUT2D eigenvalue weighted by Crippen LogP contribution is 2.22. The van der Waals surface area contributed by atoms with Gasteiger partial charge in [-0.15, -0.1) is 12.4 Å². The lowest BCUT2D eigenvalue weighted by molar-refractivity contribution is -0.121. The maximum atomic E-state index is 11.7. The van der Waals surface area contributed by atoms with Gasteiger partial charge in [0, 0.05) is 38.2 Å². The zero-order valence-electron chi connectivity index (χ0n) is 12.2. The van der Waals surface area contributed by atoms with E-state index in [1.54, 1.807) is 0 Å². The number of rotatable bonds is 6. The van der Waals surface area contributed by atoms with E-state index < -0.39 is 0 Å². The quantitative estimate of drug-likeness (QED) is 0.836. The SMILES string of the molecule is CNCCC(=O)NCc1cccc(N2CCCC2=O)c1.Cl. The third-order valence-corrected chi connectivity index (χ3v) is 3.39. The van der Waals surface area contributed by atoms with Crippen LogP contribution >= 0.6 is 12.4 Å². The van der Waals surface area contributed by atoms with E-state index in [0.717, 1.165) is 24.2 Å². The lowest BCUT2D eigenvalue weighted by Gasteiger charge is -2.16. The van der Waals surface area contributed by atoms with E-state index >= 15 is 0 Å². The molecule has 1 aromatic rings. The second-order valence-corrected chi connectivity index (χ2v) is 4.95. The molecular formula is C15H22ClN3O2. The summed E-state index contributed by atoms with van der Waals surface area (Å²) in [6.45, 7) is 1.96. The summed E-state index contributed by atoms with van der Waals surface area (Å²) in [5.41, 5.74) is 1.94. The summed E-state index contributed by atoms with van der Waals surface area (Å²) < 4.78 is 0. The van der Waals surface area contributed by atoms with Gasteiger partial charge < -0.3 is 15.5 Å². The summed E-state index contributed by atoms with van der Waals surface area (Å²) in [6.07, 6.45) is 2.02. The summed E-state index contributed by atoms with van der Waals surface area (Å²) in [4.78, 5) is 25.1. The molecule has 0 radical (unpaired) electrons. The first-order valence-corrected chi connectivity index (χ1v) is 7.01. The zero-order valence-corrected chi connectivity index (χ0v) is 13.0. The highest BCUT2D eigenvalue weighted by atomic mass is 35.5. The number of anilines is 1. The first-order valence-electron chi connectivity index (χ1n) is 7.01. The third-order valence-electron chi connectivity index (χ3n) is 3.39. The van der Waals surface area contributed by atoms with Gasteiger partial charge in [0.05, 0.1) is 0 Å². The molecule has 2 rings (SSSR count). The van der Waals surface area contributed by atoms with Gasteiger partial charge in [-0.2, -0.15) is 0 Å². The van der Waals surface area contributed by atoms with Gasteiger partial charge in [-0.25, -0.2) is 0 Å².